The lowest BCUT2D eigenvalue weighted by molar-refractivity contribution is -0.0646. The molecular weight excluding hydrogens is 598 g/mol. The van der Waals surface area contributed by atoms with Gasteiger partial charge >= 0.3 is 23.9 Å². The van der Waals surface area contributed by atoms with Gasteiger partial charge in [-0.3, -0.25) is 9.36 Å². The molecule has 0 unspecified atom stereocenters. The van der Waals surface area contributed by atoms with E-state index in [1.54, 1.807) is 73.7 Å². The van der Waals surface area contributed by atoms with Gasteiger partial charge in [0, 0.05) is 12.1 Å². The van der Waals surface area contributed by atoms with Gasteiger partial charge in [-0.15, -0.1) is 0 Å². The first-order chi connectivity index (χ1) is 22.3. The summed E-state index contributed by atoms with van der Waals surface area (Å²) in [5.74, 6) is -3.90. The van der Waals surface area contributed by atoms with Crippen molar-refractivity contribution in [3.8, 4) is 5.75 Å². The summed E-state index contributed by atoms with van der Waals surface area (Å²) >= 11 is 0. The molecule has 2 heterocycles. The molecular formula is C34H29NO11. The maximum Gasteiger partial charge on any atom is 0.355 e. The van der Waals surface area contributed by atoms with E-state index >= 15 is 0 Å². The zero-order chi connectivity index (χ0) is 32.6. The molecule has 0 amide bonds. The topological polar surface area (TPSA) is 157 Å². The first kappa shape index (κ1) is 31.7. The summed E-state index contributed by atoms with van der Waals surface area (Å²) in [6.45, 7) is 0.990. The molecule has 0 saturated carbocycles. The molecule has 1 fully saturated rings. The molecule has 1 aliphatic heterocycles. The second kappa shape index (κ2) is 14.4. The minimum Gasteiger partial charge on any atom is -0.508 e. The van der Waals surface area contributed by atoms with Crippen molar-refractivity contribution < 1.29 is 48.0 Å². The Morgan fingerprint density at radius 3 is 1.72 bits per heavy atom. The van der Waals surface area contributed by atoms with E-state index < -0.39 is 72.0 Å². The molecule has 1 N–H and O–H groups in total. The predicted octanol–water partition coefficient (Wildman–Crippen LogP) is 3.94. The largest absolute Gasteiger partial charge is 0.508 e. The Morgan fingerprint density at radius 1 is 0.696 bits per heavy atom. The molecule has 0 radical (unpaired) electrons. The second-order valence-electron chi connectivity index (χ2n) is 10.0. The molecule has 12 nitrogen and oxygen atoms in total. The Labute approximate surface area is 262 Å². The number of carbonyl (C=O) groups is 4. The Kier molecular flexibility index (Phi) is 9.88. The fourth-order valence-corrected chi connectivity index (χ4v) is 4.86. The molecule has 3 aromatic carbocycles. The average Bonchev–Trinajstić information content (AvgIpc) is 3.39. The summed E-state index contributed by atoms with van der Waals surface area (Å²) in [6, 6.07) is 25.8. The Bertz CT molecular complexity index is 1760. The third-order valence-corrected chi connectivity index (χ3v) is 6.97. The maximum absolute atomic E-state index is 13.4. The maximum atomic E-state index is 13.4. The lowest BCUT2D eigenvalue weighted by atomic mass is 10.1. The van der Waals surface area contributed by atoms with Gasteiger partial charge in [0.15, 0.2) is 18.4 Å². The number of benzene rings is 3. The van der Waals surface area contributed by atoms with Gasteiger partial charge in [0.25, 0.3) is 5.56 Å². The van der Waals surface area contributed by atoms with E-state index in [1.807, 2.05) is 0 Å². The number of hydrogen-bond donors (Lipinski definition) is 1. The molecule has 1 aromatic heterocycles. The fourth-order valence-electron chi connectivity index (χ4n) is 4.86. The predicted molar refractivity (Wildman–Crippen MR) is 160 cm³/mol. The number of aromatic nitrogens is 1. The van der Waals surface area contributed by atoms with E-state index in [0.717, 1.165) is 16.7 Å². The first-order valence-electron chi connectivity index (χ1n) is 14.3. The van der Waals surface area contributed by atoms with Gasteiger partial charge in [-0.1, -0.05) is 54.6 Å². The van der Waals surface area contributed by atoms with Crippen LogP contribution < -0.4 is 5.56 Å². The lowest BCUT2D eigenvalue weighted by Gasteiger charge is -2.26. The standard InChI is InChI=1S/C34H29NO11/c1-2-42-34(41)25-18-24(36)19-27(37)35(25)30-29(46-33(40)23-16-10-5-11-17-23)28(45-32(39)22-14-8-4-9-15-22)26(44-30)20-43-31(38)21-12-6-3-7-13-21/h3-19,26,28-30,36H,2,20H2,1H3/t26-,28+,29+,30+/m0/s1. The number of carbonyl (C=O) groups excluding carboxylic acids is 4. The highest BCUT2D eigenvalue weighted by Gasteiger charge is 2.52. The number of nitrogens with zero attached hydrogens (tertiary/aromatic N) is 1. The summed E-state index contributed by atoms with van der Waals surface area (Å²) in [6.07, 6.45) is -5.91. The monoisotopic (exact) mass is 627 g/mol. The summed E-state index contributed by atoms with van der Waals surface area (Å²) < 4.78 is 29.3. The van der Waals surface area contributed by atoms with Crippen LogP contribution in [0.5, 0.6) is 5.75 Å². The van der Waals surface area contributed by atoms with Gasteiger partial charge in [-0.2, -0.15) is 0 Å². The van der Waals surface area contributed by atoms with Crippen LogP contribution in [0.25, 0.3) is 0 Å². The van der Waals surface area contributed by atoms with Crippen molar-refractivity contribution in [3.63, 3.8) is 0 Å². The van der Waals surface area contributed by atoms with Gasteiger partial charge in [0.2, 0.25) is 0 Å². The molecule has 236 valence electrons. The van der Waals surface area contributed by atoms with Gasteiger partial charge in [-0.25, -0.2) is 19.2 Å². The number of hydrogen-bond acceptors (Lipinski definition) is 11. The smallest absolute Gasteiger partial charge is 0.355 e. The van der Waals surface area contributed by atoms with Gasteiger partial charge in [0.05, 0.1) is 23.3 Å². The van der Waals surface area contributed by atoms with Crippen molar-refractivity contribution in [2.45, 2.75) is 31.5 Å². The number of aromatic hydroxyl groups is 1. The molecule has 5 rings (SSSR count). The van der Waals surface area contributed by atoms with Crippen molar-refractivity contribution >= 4 is 23.9 Å². The van der Waals surface area contributed by atoms with E-state index in [4.69, 9.17) is 23.7 Å². The van der Waals surface area contributed by atoms with Crippen molar-refractivity contribution in [2.75, 3.05) is 13.2 Å². The molecule has 4 aromatic rings. The van der Waals surface area contributed by atoms with Gasteiger partial charge in [-0.05, 0) is 43.3 Å². The lowest BCUT2D eigenvalue weighted by Crippen LogP contribution is -2.43. The quantitative estimate of drug-likeness (QED) is 0.201. The van der Waals surface area contributed by atoms with Gasteiger partial charge in [0.1, 0.15) is 24.2 Å². The summed E-state index contributed by atoms with van der Waals surface area (Å²) in [5, 5.41) is 10.2. The molecule has 1 aliphatic rings. The number of pyridine rings is 1. The molecule has 0 aliphatic carbocycles. The van der Waals surface area contributed by atoms with E-state index in [-0.39, 0.29) is 23.3 Å². The molecule has 46 heavy (non-hydrogen) atoms. The van der Waals surface area contributed by atoms with Crippen LogP contribution >= 0.6 is 0 Å². The summed E-state index contributed by atoms with van der Waals surface area (Å²) in [5.41, 5.74) is -0.803. The van der Waals surface area contributed by atoms with Crippen LogP contribution in [0.1, 0.15) is 54.7 Å². The SMILES string of the molecule is CCOC(=O)c1cc(O)cc(=O)n1[C@@H]1O[C@@H](COC(=O)c2ccccc2)[C@@H](OC(=O)c2ccccc2)[C@H]1OC(=O)c1ccccc1. The van der Waals surface area contributed by atoms with Gasteiger partial charge < -0.3 is 28.8 Å². The minimum absolute atomic E-state index is 0.0595. The molecule has 1 saturated heterocycles. The molecule has 12 heteroatoms. The third-order valence-electron chi connectivity index (χ3n) is 6.97. The van der Waals surface area contributed by atoms with E-state index in [2.05, 4.69) is 0 Å². The molecule has 4 atom stereocenters. The zero-order valence-corrected chi connectivity index (χ0v) is 24.5. The molecule has 0 spiro atoms. The average molecular weight is 628 g/mol. The number of ether oxygens (including phenoxy) is 5. The van der Waals surface area contributed by atoms with Crippen molar-refractivity contribution in [1.29, 1.82) is 0 Å². The van der Waals surface area contributed by atoms with Crippen LogP contribution in [0.4, 0.5) is 0 Å². The number of esters is 4. The normalized spacial score (nSPS) is 18.7. The molecule has 0 bridgehead atoms. The Morgan fingerprint density at radius 2 is 1.20 bits per heavy atom. The zero-order valence-electron chi connectivity index (χ0n) is 24.5. The second-order valence-corrected chi connectivity index (χ2v) is 10.0. The van der Waals surface area contributed by atoms with Crippen LogP contribution in [-0.4, -0.2) is 65.1 Å². The minimum atomic E-state index is -1.60. The third kappa shape index (κ3) is 7.13. The van der Waals surface area contributed by atoms with Crippen molar-refractivity contribution in [1.82, 2.24) is 4.57 Å². The summed E-state index contributed by atoms with van der Waals surface area (Å²) in [7, 11) is 0. The van der Waals surface area contributed by atoms with Crippen LogP contribution in [-0.2, 0) is 23.7 Å². The highest BCUT2D eigenvalue weighted by atomic mass is 16.7. The van der Waals surface area contributed by atoms with Crippen molar-refractivity contribution in [2.24, 2.45) is 0 Å². The van der Waals surface area contributed by atoms with E-state index in [1.165, 1.54) is 24.3 Å². The van der Waals surface area contributed by atoms with E-state index in [0.29, 0.717) is 0 Å². The fraction of sp³-hybridized carbons (Fsp3) is 0.206. The Hall–Kier alpha value is -5.75. The Balaban J connectivity index is 1.58. The summed E-state index contributed by atoms with van der Waals surface area (Å²) in [4.78, 5) is 65.8. The highest BCUT2D eigenvalue weighted by molar-refractivity contribution is 5.91. The van der Waals surface area contributed by atoms with Crippen LogP contribution in [0.2, 0.25) is 0 Å². The number of rotatable bonds is 10. The highest BCUT2D eigenvalue weighted by Crippen LogP contribution is 2.36. The van der Waals surface area contributed by atoms with Crippen LogP contribution in [0.15, 0.2) is 108 Å². The van der Waals surface area contributed by atoms with Crippen LogP contribution in [0, 0.1) is 0 Å². The first-order valence-corrected chi connectivity index (χ1v) is 14.3. The van der Waals surface area contributed by atoms with E-state index in [9.17, 15) is 29.1 Å². The van der Waals surface area contributed by atoms with Crippen LogP contribution in [0.3, 0.4) is 0 Å². The van der Waals surface area contributed by atoms with Crippen molar-refractivity contribution in [3.05, 3.63) is 136 Å².